The third kappa shape index (κ3) is 5.16. The van der Waals surface area contributed by atoms with Crippen molar-refractivity contribution < 1.29 is 15.0 Å². The summed E-state index contributed by atoms with van der Waals surface area (Å²) in [5, 5.41) is 27.0. The van der Waals surface area contributed by atoms with Gasteiger partial charge in [0.05, 0.1) is 11.8 Å². The Morgan fingerprint density at radius 3 is 2.74 bits per heavy atom. The van der Waals surface area contributed by atoms with Gasteiger partial charge < -0.3 is 25.7 Å². The molecule has 2 fully saturated rings. The highest BCUT2D eigenvalue weighted by Gasteiger charge is 2.33. The van der Waals surface area contributed by atoms with E-state index in [2.05, 4.69) is 35.5 Å². The molecule has 0 amide bonds. The van der Waals surface area contributed by atoms with E-state index >= 15 is 0 Å². The lowest BCUT2D eigenvalue weighted by Crippen LogP contribution is -2.42. The first-order chi connectivity index (χ1) is 17.0. The monoisotopic (exact) mass is 478 g/mol. The summed E-state index contributed by atoms with van der Waals surface area (Å²) in [6.45, 7) is 7.12. The summed E-state index contributed by atoms with van der Waals surface area (Å²) in [4.78, 5) is 34.2. The fourth-order valence-corrected chi connectivity index (χ4v) is 4.63. The number of piperazine rings is 1. The third-order valence-electron chi connectivity index (χ3n) is 6.49. The first-order valence-electron chi connectivity index (χ1n) is 12.0. The molecule has 11 nitrogen and oxygen atoms in total. The van der Waals surface area contributed by atoms with Crippen molar-refractivity contribution in [2.75, 3.05) is 42.9 Å². The first kappa shape index (κ1) is 23.3. The number of pyridine rings is 2. The van der Waals surface area contributed by atoms with E-state index in [1.807, 2.05) is 18.3 Å². The summed E-state index contributed by atoms with van der Waals surface area (Å²) < 4.78 is 0. The molecule has 0 spiro atoms. The Kier molecular flexibility index (Phi) is 6.71. The van der Waals surface area contributed by atoms with Gasteiger partial charge in [-0.2, -0.15) is 0 Å². The van der Waals surface area contributed by atoms with Gasteiger partial charge in [0, 0.05) is 57.0 Å². The molecule has 0 bridgehead atoms. The fourth-order valence-electron chi connectivity index (χ4n) is 4.63. The van der Waals surface area contributed by atoms with Crippen molar-refractivity contribution in [2.45, 2.75) is 38.5 Å². The molecule has 0 saturated carbocycles. The van der Waals surface area contributed by atoms with E-state index < -0.39 is 18.1 Å². The van der Waals surface area contributed by atoms with Crippen molar-refractivity contribution in [3.8, 4) is 0 Å². The van der Waals surface area contributed by atoms with Gasteiger partial charge in [-0.1, -0.05) is 6.07 Å². The zero-order valence-electron chi connectivity index (χ0n) is 19.7. The lowest BCUT2D eigenvalue weighted by Gasteiger charge is -2.27. The fraction of sp³-hybridized carbons (Fsp3) is 0.458. The van der Waals surface area contributed by atoms with Crippen LogP contribution in [-0.2, 0) is 11.3 Å². The molecule has 2 unspecified atom stereocenters. The zero-order valence-corrected chi connectivity index (χ0v) is 19.7. The third-order valence-corrected chi connectivity index (χ3v) is 6.49. The largest absolute Gasteiger partial charge is 0.480 e. The van der Waals surface area contributed by atoms with Crippen LogP contribution in [0.25, 0.3) is 10.9 Å². The van der Waals surface area contributed by atoms with Gasteiger partial charge in [-0.25, -0.2) is 24.7 Å². The van der Waals surface area contributed by atoms with Gasteiger partial charge in [-0.15, -0.1) is 0 Å². The minimum Gasteiger partial charge on any atom is -0.480 e. The Morgan fingerprint density at radius 1 is 1.20 bits per heavy atom. The number of fused-ring (bicyclic) bond motifs is 1. The number of aliphatic carboxylic acids is 1. The maximum atomic E-state index is 11.8. The SMILES string of the molecule is CC(O)c1cc2cnc(Nc3ccc(CN4CCNCC4)cn3)nc2c(N2CCCC2C(=O)O)n1. The van der Waals surface area contributed by atoms with E-state index in [-0.39, 0.29) is 0 Å². The molecule has 0 radical (unpaired) electrons. The first-order valence-corrected chi connectivity index (χ1v) is 12.0. The number of carboxylic acid groups (broad SMARTS) is 1. The molecule has 0 aromatic carbocycles. The topological polar surface area (TPSA) is 140 Å². The standard InChI is InChI=1S/C24H30N8O3/c1-15(33)18-11-17-13-27-24(30-21(17)22(28-18)32-8-2-3-19(32)23(34)35)29-20-5-4-16(12-26-20)14-31-9-6-25-7-10-31/h4-5,11-13,15,19,25,33H,2-3,6-10,14H2,1H3,(H,34,35)(H,26,27,29,30). The second-order valence-corrected chi connectivity index (χ2v) is 9.07. The van der Waals surface area contributed by atoms with Crippen LogP contribution in [0.2, 0.25) is 0 Å². The number of aliphatic hydroxyl groups excluding tert-OH is 1. The predicted octanol–water partition coefficient (Wildman–Crippen LogP) is 1.68. The smallest absolute Gasteiger partial charge is 0.326 e. The van der Waals surface area contributed by atoms with E-state index in [0.29, 0.717) is 47.1 Å². The van der Waals surface area contributed by atoms with E-state index in [9.17, 15) is 15.0 Å². The lowest BCUT2D eigenvalue weighted by molar-refractivity contribution is -0.138. The van der Waals surface area contributed by atoms with Crippen molar-refractivity contribution in [3.63, 3.8) is 0 Å². The molecule has 2 aliphatic heterocycles. The van der Waals surface area contributed by atoms with Crippen LogP contribution in [0.1, 0.15) is 37.1 Å². The number of hydrogen-bond acceptors (Lipinski definition) is 10. The maximum Gasteiger partial charge on any atom is 0.326 e. The molecule has 35 heavy (non-hydrogen) atoms. The van der Waals surface area contributed by atoms with Crippen molar-refractivity contribution in [3.05, 3.63) is 41.9 Å². The van der Waals surface area contributed by atoms with Gasteiger partial charge in [0.2, 0.25) is 5.95 Å². The molecule has 5 rings (SSSR count). The summed E-state index contributed by atoms with van der Waals surface area (Å²) >= 11 is 0. The van der Waals surface area contributed by atoms with E-state index in [4.69, 9.17) is 0 Å². The normalized spacial score (nSPS) is 19.7. The van der Waals surface area contributed by atoms with Gasteiger partial charge in [-0.3, -0.25) is 4.90 Å². The van der Waals surface area contributed by atoms with Gasteiger partial charge in [0.15, 0.2) is 5.82 Å². The minimum atomic E-state index is -0.891. The second-order valence-electron chi connectivity index (χ2n) is 9.07. The van der Waals surface area contributed by atoms with E-state index in [1.54, 1.807) is 24.1 Å². The Labute approximate surface area is 203 Å². The van der Waals surface area contributed by atoms with Gasteiger partial charge in [0.1, 0.15) is 17.4 Å². The number of nitrogens with one attached hydrogen (secondary N) is 2. The molecule has 2 saturated heterocycles. The van der Waals surface area contributed by atoms with Crippen LogP contribution in [0.5, 0.6) is 0 Å². The van der Waals surface area contributed by atoms with Crippen molar-refractivity contribution in [2.24, 2.45) is 0 Å². The van der Waals surface area contributed by atoms with Crippen molar-refractivity contribution in [1.82, 2.24) is 30.2 Å². The van der Waals surface area contributed by atoms with Crippen LogP contribution in [-0.4, -0.2) is 79.8 Å². The summed E-state index contributed by atoms with van der Waals surface area (Å²) in [6.07, 6.45) is 4.00. The van der Waals surface area contributed by atoms with Crippen LogP contribution in [0.3, 0.4) is 0 Å². The quantitative estimate of drug-likeness (QED) is 0.394. The molecule has 11 heteroatoms. The van der Waals surface area contributed by atoms with Crippen molar-refractivity contribution in [1.29, 1.82) is 0 Å². The highest BCUT2D eigenvalue weighted by atomic mass is 16.4. The molecular weight excluding hydrogens is 448 g/mol. The number of aromatic nitrogens is 4. The molecule has 5 heterocycles. The second kappa shape index (κ2) is 10.1. The van der Waals surface area contributed by atoms with E-state index in [0.717, 1.165) is 44.7 Å². The highest BCUT2D eigenvalue weighted by Crippen LogP contribution is 2.32. The summed E-state index contributed by atoms with van der Waals surface area (Å²) in [5.74, 6) is 0.525. The summed E-state index contributed by atoms with van der Waals surface area (Å²) in [6, 6.07) is 5.01. The molecular formula is C24H30N8O3. The molecule has 3 aromatic rings. The van der Waals surface area contributed by atoms with E-state index in [1.165, 1.54) is 0 Å². The number of hydrogen-bond donors (Lipinski definition) is 4. The Hall–Kier alpha value is -3.41. The van der Waals surface area contributed by atoms with Gasteiger partial charge in [0.25, 0.3) is 0 Å². The molecule has 0 aliphatic carbocycles. The molecule has 2 atom stereocenters. The summed E-state index contributed by atoms with van der Waals surface area (Å²) in [5.41, 5.74) is 2.13. The van der Waals surface area contributed by atoms with Crippen molar-refractivity contribution >= 4 is 34.5 Å². The zero-order chi connectivity index (χ0) is 24.4. The number of carboxylic acids is 1. The summed E-state index contributed by atoms with van der Waals surface area (Å²) in [7, 11) is 0. The number of aliphatic hydroxyl groups is 1. The van der Waals surface area contributed by atoms with Crippen LogP contribution in [0.4, 0.5) is 17.6 Å². The average Bonchev–Trinajstić information content (AvgIpc) is 3.35. The Morgan fingerprint density at radius 2 is 2.03 bits per heavy atom. The number of carbonyl (C=O) groups is 1. The van der Waals surface area contributed by atoms with Crippen LogP contribution in [0.15, 0.2) is 30.6 Å². The number of rotatable bonds is 7. The van der Waals surface area contributed by atoms with Gasteiger partial charge >= 0.3 is 5.97 Å². The lowest BCUT2D eigenvalue weighted by atomic mass is 10.1. The molecule has 2 aliphatic rings. The van der Waals surface area contributed by atoms with Gasteiger partial charge in [-0.05, 0) is 37.5 Å². The maximum absolute atomic E-state index is 11.8. The van der Waals surface area contributed by atoms with Crippen LogP contribution < -0.4 is 15.5 Å². The number of nitrogens with zero attached hydrogens (tertiary/aromatic N) is 6. The molecule has 184 valence electrons. The predicted molar refractivity (Wildman–Crippen MR) is 132 cm³/mol. The number of anilines is 3. The Balaban J connectivity index is 1.41. The Bertz CT molecular complexity index is 1200. The molecule has 3 aromatic heterocycles. The van der Waals surface area contributed by atoms with Crippen LogP contribution in [0, 0.1) is 0 Å². The highest BCUT2D eigenvalue weighted by molar-refractivity contribution is 5.92. The minimum absolute atomic E-state index is 0.346. The van der Waals surface area contributed by atoms with Crippen LogP contribution >= 0.6 is 0 Å². The molecule has 4 N–H and O–H groups in total. The average molecular weight is 479 g/mol.